The number of ether oxygens (including phenoxy) is 1. The zero-order valence-corrected chi connectivity index (χ0v) is 16.7. The predicted molar refractivity (Wildman–Crippen MR) is 108 cm³/mol. The summed E-state index contributed by atoms with van der Waals surface area (Å²) in [5.41, 5.74) is 1.20. The van der Waals surface area contributed by atoms with Gasteiger partial charge in [0.1, 0.15) is 5.75 Å². The number of amides is 1. The first-order valence-corrected chi connectivity index (χ1v) is 10.5. The van der Waals surface area contributed by atoms with Gasteiger partial charge in [-0.05, 0) is 68.2 Å². The second-order valence-corrected chi connectivity index (χ2v) is 8.57. The van der Waals surface area contributed by atoms with Crippen molar-refractivity contribution in [3.63, 3.8) is 0 Å². The second-order valence-electron chi connectivity index (χ2n) is 8.57. The molecule has 5 nitrogen and oxygen atoms in total. The molecule has 2 bridgehead atoms. The Bertz CT molecular complexity index is 639. The van der Waals surface area contributed by atoms with Gasteiger partial charge in [0, 0.05) is 37.9 Å². The number of anilines is 1. The molecule has 3 aliphatic rings. The molecule has 3 fully saturated rings. The normalized spacial score (nSPS) is 28.4. The van der Waals surface area contributed by atoms with Crippen LogP contribution in [0.15, 0.2) is 24.3 Å². The fourth-order valence-electron chi connectivity index (χ4n) is 5.42. The average molecular weight is 372 g/mol. The van der Waals surface area contributed by atoms with Gasteiger partial charge in [-0.15, -0.1) is 0 Å². The van der Waals surface area contributed by atoms with Gasteiger partial charge in [-0.3, -0.25) is 4.79 Å². The van der Waals surface area contributed by atoms with Crippen LogP contribution >= 0.6 is 0 Å². The molecule has 1 saturated heterocycles. The second kappa shape index (κ2) is 8.09. The van der Waals surface area contributed by atoms with Gasteiger partial charge in [0.25, 0.3) is 0 Å². The number of piperazine rings is 1. The number of hydrogen-bond donors (Lipinski definition) is 1. The van der Waals surface area contributed by atoms with Crippen molar-refractivity contribution < 1.29 is 9.53 Å². The molecule has 4 rings (SSSR count). The minimum atomic E-state index is 0.249. The molecule has 148 valence electrons. The fourth-order valence-corrected chi connectivity index (χ4v) is 5.42. The lowest BCUT2D eigenvalue weighted by molar-refractivity contribution is -0.130. The van der Waals surface area contributed by atoms with Crippen molar-refractivity contribution in [3.05, 3.63) is 24.3 Å². The third-order valence-corrected chi connectivity index (χ3v) is 7.08. The summed E-state index contributed by atoms with van der Waals surface area (Å²) >= 11 is 0. The van der Waals surface area contributed by atoms with E-state index in [-0.39, 0.29) is 5.91 Å². The molecule has 0 unspecified atom stereocenters. The lowest BCUT2D eigenvalue weighted by atomic mass is 9.84. The molecule has 1 amide bonds. The van der Waals surface area contributed by atoms with E-state index in [1.165, 1.54) is 31.4 Å². The molecule has 0 aromatic heterocycles. The maximum absolute atomic E-state index is 12.6. The molecule has 1 heterocycles. The number of fused-ring (bicyclic) bond motifs is 2. The summed E-state index contributed by atoms with van der Waals surface area (Å²) < 4.78 is 5.23. The molecule has 0 spiro atoms. The van der Waals surface area contributed by atoms with Gasteiger partial charge >= 0.3 is 0 Å². The van der Waals surface area contributed by atoms with E-state index >= 15 is 0 Å². The molecule has 2 aliphatic carbocycles. The number of methoxy groups -OCH3 is 1. The van der Waals surface area contributed by atoms with Crippen molar-refractivity contribution in [2.45, 2.75) is 38.6 Å². The van der Waals surface area contributed by atoms with Crippen LogP contribution < -0.4 is 15.0 Å². The highest BCUT2D eigenvalue weighted by atomic mass is 16.5. The Morgan fingerprint density at radius 1 is 1.15 bits per heavy atom. The van der Waals surface area contributed by atoms with Gasteiger partial charge in [0.15, 0.2) is 0 Å². The first-order valence-electron chi connectivity index (χ1n) is 10.5. The van der Waals surface area contributed by atoms with E-state index in [0.29, 0.717) is 12.6 Å². The summed E-state index contributed by atoms with van der Waals surface area (Å²) in [5, 5.41) is 3.54. The van der Waals surface area contributed by atoms with Gasteiger partial charge in [0.2, 0.25) is 5.91 Å². The Balaban J connectivity index is 1.21. The van der Waals surface area contributed by atoms with E-state index in [9.17, 15) is 4.79 Å². The predicted octanol–water partition coefficient (Wildman–Crippen LogP) is 2.76. The quantitative estimate of drug-likeness (QED) is 0.835. The molecule has 2 saturated carbocycles. The Hall–Kier alpha value is -1.75. The summed E-state index contributed by atoms with van der Waals surface area (Å²) in [6.07, 6.45) is 5.64. The van der Waals surface area contributed by atoms with Gasteiger partial charge in [-0.25, -0.2) is 0 Å². The third kappa shape index (κ3) is 4.08. The number of hydrogen-bond acceptors (Lipinski definition) is 4. The number of nitrogens with one attached hydrogen (secondary N) is 1. The van der Waals surface area contributed by atoms with E-state index in [1.54, 1.807) is 7.11 Å². The molecule has 5 heteroatoms. The first-order chi connectivity index (χ1) is 13.1. The molecule has 27 heavy (non-hydrogen) atoms. The largest absolute Gasteiger partial charge is 0.497 e. The SMILES string of the molecule is COc1ccc(N2CCN(C(=O)CN[C@H](C)[C@@H]3C[C@H]4CC[C@H]3C4)CC2)cc1. The molecule has 1 N–H and O–H groups in total. The van der Waals surface area contributed by atoms with E-state index in [2.05, 4.69) is 29.3 Å². The summed E-state index contributed by atoms with van der Waals surface area (Å²) in [5.74, 6) is 3.78. The highest BCUT2D eigenvalue weighted by molar-refractivity contribution is 5.78. The molecule has 1 aliphatic heterocycles. The van der Waals surface area contributed by atoms with Crippen molar-refractivity contribution >= 4 is 11.6 Å². The highest BCUT2D eigenvalue weighted by Gasteiger charge is 2.41. The molecule has 1 aromatic carbocycles. The number of rotatable bonds is 6. The van der Waals surface area contributed by atoms with Gasteiger partial charge in [-0.2, -0.15) is 0 Å². The minimum absolute atomic E-state index is 0.249. The maximum atomic E-state index is 12.6. The van der Waals surface area contributed by atoms with E-state index in [0.717, 1.165) is 49.7 Å². The molecule has 4 atom stereocenters. The van der Waals surface area contributed by atoms with Crippen molar-refractivity contribution in [2.75, 3.05) is 44.7 Å². The lowest BCUT2D eigenvalue weighted by Crippen LogP contribution is -2.52. The Morgan fingerprint density at radius 2 is 1.89 bits per heavy atom. The Kier molecular flexibility index (Phi) is 5.58. The zero-order chi connectivity index (χ0) is 18.8. The van der Waals surface area contributed by atoms with Crippen LogP contribution in [0.4, 0.5) is 5.69 Å². The van der Waals surface area contributed by atoms with E-state index in [1.807, 2.05) is 17.0 Å². The fraction of sp³-hybridized carbons (Fsp3) is 0.682. The monoisotopic (exact) mass is 371 g/mol. The van der Waals surface area contributed by atoms with E-state index < -0.39 is 0 Å². The summed E-state index contributed by atoms with van der Waals surface area (Å²) in [4.78, 5) is 17.0. The maximum Gasteiger partial charge on any atom is 0.236 e. The van der Waals surface area contributed by atoms with E-state index in [4.69, 9.17) is 4.74 Å². The van der Waals surface area contributed by atoms with Crippen molar-refractivity contribution in [1.82, 2.24) is 10.2 Å². The van der Waals surface area contributed by atoms with Crippen LogP contribution in [0, 0.1) is 17.8 Å². The van der Waals surface area contributed by atoms with Crippen LogP contribution in [0.2, 0.25) is 0 Å². The van der Waals surface area contributed by atoms with Crippen molar-refractivity contribution in [3.8, 4) is 5.75 Å². The van der Waals surface area contributed by atoms with Crippen LogP contribution in [0.25, 0.3) is 0 Å². The number of carbonyl (C=O) groups is 1. The highest BCUT2D eigenvalue weighted by Crippen LogP contribution is 2.49. The lowest BCUT2D eigenvalue weighted by Gasteiger charge is -2.36. The van der Waals surface area contributed by atoms with Gasteiger partial charge in [-0.1, -0.05) is 6.42 Å². The zero-order valence-electron chi connectivity index (χ0n) is 16.7. The smallest absolute Gasteiger partial charge is 0.236 e. The molecular formula is C22H33N3O2. The van der Waals surface area contributed by atoms with Gasteiger partial charge < -0.3 is 19.9 Å². The third-order valence-electron chi connectivity index (χ3n) is 7.08. The van der Waals surface area contributed by atoms with Crippen LogP contribution in [0.1, 0.15) is 32.6 Å². The minimum Gasteiger partial charge on any atom is -0.497 e. The average Bonchev–Trinajstić information content (AvgIpc) is 3.36. The standard InChI is InChI=1S/C22H33N3O2/c1-16(21-14-17-3-4-18(21)13-17)23-15-22(26)25-11-9-24(10-12-25)19-5-7-20(27-2)8-6-19/h5-8,16-18,21,23H,3-4,9-15H2,1-2H3/t16-,17+,18+,21+/m1/s1. The molecular weight excluding hydrogens is 338 g/mol. The van der Waals surface area contributed by atoms with Crippen LogP contribution in [0.3, 0.4) is 0 Å². The topological polar surface area (TPSA) is 44.8 Å². The van der Waals surface area contributed by atoms with Crippen LogP contribution in [0.5, 0.6) is 5.75 Å². The summed E-state index contributed by atoms with van der Waals surface area (Å²) in [7, 11) is 1.69. The first kappa shape index (κ1) is 18.6. The van der Waals surface area contributed by atoms with Crippen molar-refractivity contribution in [2.24, 2.45) is 17.8 Å². The summed E-state index contributed by atoms with van der Waals surface area (Å²) in [6.45, 7) is 6.14. The van der Waals surface area contributed by atoms with Crippen LogP contribution in [-0.2, 0) is 4.79 Å². The molecule has 1 aromatic rings. The number of benzene rings is 1. The number of nitrogens with zero attached hydrogens (tertiary/aromatic N) is 2. The molecule has 0 radical (unpaired) electrons. The van der Waals surface area contributed by atoms with Crippen molar-refractivity contribution in [1.29, 1.82) is 0 Å². The number of carbonyl (C=O) groups excluding carboxylic acids is 1. The van der Waals surface area contributed by atoms with Crippen LogP contribution in [-0.4, -0.2) is 56.7 Å². The summed E-state index contributed by atoms with van der Waals surface area (Å²) in [6, 6.07) is 8.63. The Morgan fingerprint density at radius 3 is 2.48 bits per heavy atom. The Labute approximate surface area is 163 Å². The van der Waals surface area contributed by atoms with Gasteiger partial charge in [0.05, 0.1) is 13.7 Å².